The fourth-order valence-electron chi connectivity index (χ4n) is 1.94. The van der Waals surface area contributed by atoms with E-state index in [0.717, 1.165) is 17.5 Å². The van der Waals surface area contributed by atoms with Crippen LogP contribution >= 0.6 is 12.4 Å². The number of hydrogen-bond acceptors (Lipinski definition) is 3. The van der Waals surface area contributed by atoms with Gasteiger partial charge in [0.15, 0.2) is 11.5 Å². The molecular formula is C16H19ClFNO2. The average Bonchev–Trinajstić information content (AvgIpc) is 2.46. The highest BCUT2D eigenvalue weighted by atomic mass is 35.5. The van der Waals surface area contributed by atoms with E-state index in [0.29, 0.717) is 24.7 Å². The highest BCUT2D eigenvalue weighted by Crippen LogP contribution is 2.29. The minimum absolute atomic E-state index is 0. The molecule has 0 fully saturated rings. The molecule has 0 aromatic heterocycles. The molecule has 21 heavy (non-hydrogen) atoms. The van der Waals surface area contributed by atoms with Gasteiger partial charge >= 0.3 is 0 Å². The van der Waals surface area contributed by atoms with E-state index in [-0.39, 0.29) is 18.2 Å². The summed E-state index contributed by atoms with van der Waals surface area (Å²) in [4.78, 5) is 0. The molecule has 0 amide bonds. The summed E-state index contributed by atoms with van der Waals surface area (Å²) >= 11 is 0. The van der Waals surface area contributed by atoms with E-state index in [2.05, 4.69) is 0 Å². The molecule has 0 radical (unpaired) electrons. The van der Waals surface area contributed by atoms with Crippen LogP contribution in [0.1, 0.15) is 11.1 Å². The molecule has 2 rings (SSSR count). The molecule has 114 valence electrons. The number of rotatable bonds is 6. The molecule has 2 aromatic carbocycles. The zero-order valence-corrected chi connectivity index (χ0v) is 12.7. The molecule has 0 aliphatic rings. The lowest BCUT2D eigenvalue weighted by Crippen LogP contribution is -2.03. The highest BCUT2D eigenvalue weighted by Gasteiger charge is 2.06. The van der Waals surface area contributed by atoms with Gasteiger partial charge in [0.25, 0.3) is 0 Å². The van der Waals surface area contributed by atoms with Crippen LogP contribution in [0.25, 0.3) is 0 Å². The van der Waals surface area contributed by atoms with Gasteiger partial charge in [-0.15, -0.1) is 12.4 Å². The van der Waals surface area contributed by atoms with E-state index in [1.165, 1.54) is 12.1 Å². The van der Waals surface area contributed by atoms with Crippen LogP contribution in [-0.4, -0.2) is 13.7 Å². The first-order valence-electron chi connectivity index (χ1n) is 6.47. The van der Waals surface area contributed by atoms with Crippen LogP contribution in [-0.2, 0) is 13.0 Å². The van der Waals surface area contributed by atoms with Crippen LogP contribution in [0.5, 0.6) is 11.5 Å². The number of benzene rings is 2. The smallest absolute Gasteiger partial charge is 0.161 e. The molecule has 0 saturated carbocycles. The number of ether oxygens (including phenoxy) is 2. The Morgan fingerprint density at radius 3 is 2.52 bits per heavy atom. The summed E-state index contributed by atoms with van der Waals surface area (Å²) in [5.41, 5.74) is 7.41. The zero-order chi connectivity index (χ0) is 14.4. The normalized spacial score (nSPS) is 9.86. The molecule has 0 spiro atoms. The van der Waals surface area contributed by atoms with Gasteiger partial charge in [0.1, 0.15) is 12.4 Å². The molecule has 0 heterocycles. The summed E-state index contributed by atoms with van der Waals surface area (Å²) in [5, 5.41) is 0. The lowest BCUT2D eigenvalue weighted by Gasteiger charge is -2.12. The number of hydrogen-bond donors (Lipinski definition) is 1. The van der Waals surface area contributed by atoms with Crippen molar-refractivity contribution in [1.29, 1.82) is 0 Å². The Balaban J connectivity index is 0.00000220. The minimum atomic E-state index is -0.267. The first-order chi connectivity index (χ1) is 9.72. The Hall–Kier alpha value is -1.78. The van der Waals surface area contributed by atoms with Crippen molar-refractivity contribution in [2.75, 3.05) is 13.7 Å². The highest BCUT2D eigenvalue weighted by molar-refractivity contribution is 5.85. The van der Waals surface area contributed by atoms with Crippen molar-refractivity contribution >= 4 is 12.4 Å². The van der Waals surface area contributed by atoms with Crippen LogP contribution in [0.3, 0.4) is 0 Å². The molecule has 0 atom stereocenters. The summed E-state index contributed by atoms with van der Waals surface area (Å²) in [6.07, 6.45) is 0.792. The number of nitrogens with two attached hydrogens (primary N) is 1. The van der Waals surface area contributed by atoms with Crippen molar-refractivity contribution in [3.63, 3.8) is 0 Å². The van der Waals surface area contributed by atoms with Crippen molar-refractivity contribution in [1.82, 2.24) is 0 Å². The van der Waals surface area contributed by atoms with E-state index in [1.807, 2.05) is 24.3 Å². The summed E-state index contributed by atoms with van der Waals surface area (Å²) in [7, 11) is 1.59. The summed E-state index contributed by atoms with van der Waals surface area (Å²) in [6.45, 7) is 0.886. The van der Waals surface area contributed by atoms with Crippen molar-refractivity contribution in [3.05, 3.63) is 59.4 Å². The predicted octanol–water partition coefficient (Wildman–Crippen LogP) is 3.34. The largest absolute Gasteiger partial charge is 0.493 e. The molecule has 0 aliphatic carbocycles. The first-order valence-corrected chi connectivity index (χ1v) is 6.47. The van der Waals surface area contributed by atoms with Crippen molar-refractivity contribution in [2.24, 2.45) is 5.73 Å². The van der Waals surface area contributed by atoms with Gasteiger partial charge in [0.2, 0.25) is 0 Å². The predicted molar refractivity (Wildman–Crippen MR) is 83.7 cm³/mol. The van der Waals surface area contributed by atoms with Crippen molar-refractivity contribution in [3.8, 4) is 11.5 Å². The van der Waals surface area contributed by atoms with Crippen LogP contribution in [0, 0.1) is 5.82 Å². The monoisotopic (exact) mass is 311 g/mol. The van der Waals surface area contributed by atoms with Gasteiger partial charge in [-0.2, -0.15) is 0 Å². The second kappa shape index (κ2) is 8.49. The van der Waals surface area contributed by atoms with E-state index >= 15 is 0 Å². The van der Waals surface area contributed by atoms with Crippen molar-refractivity contribution < 1.29 is 13.9 Å². The van der Waals surface area contributed by atoms with Crippen LogP contribution < -0.4 is 15.2 Å². The van der Waals surface area contributed by atoms with Crippen molar-refractivity contribution in [2.45, 2.75) is 13.0 Å². The Kier molecular flexibility index (Phi) is 6.99. The SMILES string of the molecule is COc1cc(CCN)ccc1OCc1cccc(F)c1.Cl. The Labute approximate surface area is 130 Å². The van der Waals surface area contributed by atoms with Gasteiger partial charge in [-0.3, -0.25) is 0 Å². The van der Waals surface area contributed by atoms with Gasteiger partial charge in [-0.25, -0.2) is 4.39 Å². The first kappa shape index (κ1) is 17.3. The average molecular weight is 312 g/mol. The zero-order valence-electron chi connectivity index (χ0n) is 11.8. The summed E-state index contributed by atoms with van der Waals surface area (Å²) < 4.78 is 24.1. The Morgan fingerprint density at radius 2 is 1.86 bits per heavy atom. The van der Waals surface area contributed by atoms with E-state index in [9.17, 15) is 4.39 Å². The maximum absolute atomic E-state index is 13.1. The number of halogens is 2. The van der Waals surface area contributed by atoms with E-state index in [1.54, 1.807) is 13.2 Å². The lowest BCUT2D eigenvalue weighted by molar-refractivity contribution is 0.284. The minimum Gasteiger partial charge on any atom is -0.493 e. The Morgan fingerprint density at radius 1 is 1.05 bits per heavy atom. The standard InChI is InChI=1S/C16H18FNO2.ClH/c1-19-16-10-12(7-8-18)5-6-15(16)20-11-13-3-2-4-14(17)9-13;/h2-6,9-10H,7-8,11,18H2,1H3;1H. The molecular weight excluding hydrogens is 293 g/mol. The van der Waals surface area contributed by atoms with E-state index < -0.39 is 0 Å². The quantitative estimate of drug-likeness (QED) is 0.890. The molecule has 2 N–H and O–H groups in total. The third kappa shape index (κ3) is 4.92. The fourth-order valence-corrected chi connectivity index (χ4v) is 1.94. The van der Waals surface area contributed by atoms with Gasteiger partial charge in [-0.1, -0.05) is 18.2 Å². The molecule has 3 nitrogen and oxygen atoms in total. The molecule has 0 aliphatic heterocycles. The van der Waals surface area contributed by atoms with Gasteiger partial charge in [-0.05, 0) is 48.4 Å². The molecule has 5 heteroatoms. The maximum Gasteiger partial charge on any atom is 0.161 e. The van der Waals surface area contributed by atoms with Gasteiger partial charge in [0.05, 0.1) is 7.11 Å². The molecule has 2 aromatic rings. The summed E-state index contributed by atoms with van der Waals surface area (Å²) in [5.74, 6) is 1.03. The molecule has 0 unspecified atom stereocenters. The van der Waals surface area contributed by atoms with Crippen LogP contribution in [0.4, 0.5) is 4.39 Å². The third-order valence-corrected chi connectivity index (χ3v) is 2.94. The summed E-state index contributed by atoms with van der Waals surface area (Å²) in [6, 6.07) is 12.1. The maximum atomic E-state index is 13.1. The van der Waals surface area contributed by atoms with E-state index in [4.69, 9.17) is 15.2 Å². The topological polar surface area (TPSA) is 44.5 Å². The second-order valence-electron chi connectivity index (χ2n) is 4.44. The van der Waals surface area contributed by atoms with Gasteiger partial charge in [0, 0.05) is 0 Å². The molecule has 0 saturated heterocycles. The van der Waals surface area contributed by atoms with Crippen LogP contribution in [0.15, 0.2) is 42.5 Å². The molecule has 0 bridgehead atoms. The van der Waals surface area contributed by atoms with Crippen LogP contribution in [0.2, 0.25) is 0 Å². The fraction of sp³-hybridized carbons (Fsp3) is 0.250. The Bertz CT molecular complexity index is 578. The third-order valence-electron chi connectivity index (χ3n) is 2.94. The van der Waals surface area contributed by atoms with Gasteiger partial charge < -0.3 is 15.2 Å². The number of methoxy groups -OCH3 is 1. The second-order valence-corrected chi connectivity index (χ2v) is 4.44. The lowest BCUT2D eigenvalue weighted by atomic mass is 10.1.